The molecule has 0 radical (unpaired) electrons. The van der Waals surface area contributed by atoms with E-state index < -0.39 is 47.9 Å². The van der Waals surface area contributed by atoms with Gasteiger partial charge in [-0.15, -0.1) is 0 Å². The Morgan fingerprint density at radius 3 is 1.73 bits per heavy atom. The van der Waals surface area contributed by atoms with E-state index in [4.69, 9.17) is 5.73 Å². The van der Waals surface area contributed by atoms with E-state index in [1.807, 2.05) is 27.7 Å². The average Bonchev–Trinajstić information content (AvgIpc) is 3.51. The van der Waals surface area contributed by atoms with E-state index >= 15 is 0 Å². The van der Waals surface area contributed by atoms with Crippen LogP contribution in [0.2, 0.25) is 0 Å². The molecule has 3 amide bonds. The van der Waals surface area contributed by atoms with Crippen LogP contribution in [0.4, 0.5) is 0 Å². The van der Waals surface area contributed by atoms with E-state index in [0.29, 0.717) is 11.4 Å². The number of imidazole rings is 2. The molecule has 4 unspecified atom stereocenters. The van der Waals surface area contributed by atoms with Gasteiger partial charge in [0.25, 0.3) is 0 Å². The number of rotatable bonds is 15. The zero-order valence-corrected chi connectivity index (χ0v) is 21.7. The van der Waals surface area contributed by atoms with Crippen LogP contribution >= 0.6 is 0 Å². The summed E-state index contributed by atoms with van der Waals surface area (Å²) in [5.41, 5.74) is 7.30. The Morgan fingerprint density at radius 1 is 0.784 bits per heavy atom. The van der Waals surface area contributed by atoms with Crippen LogP contribution in [0.15, 0.2) is 25.0 Å². The molecule has 0 aliphatic heterocycles. The van der Waals surface area contributed by atoms with Gasteiger partial charge in [-0.05, 0) is 24.7 Å². The smallest absolute Gasteiger partial charge is 0.326 e. The summed E-state index contributed by atoms with van der Waals surface area (Å²) in [4.78, 5) is 64.4. The average molecular weight is 519 g/mol. The van der Waals surface area contributed by atoms with Crippen LogP contribution < -0.4 is 21.7 Å². The molecule has 13 nitrogen and oxygen atoms in total. The lowest BCUT2D eigenvalue weighted by atomic mass is 10.00. The molecular formula is C24H38N8O5. The molecule has 0 aliphatic rings. The molecule has 0 saturated heterocycles. The second kappa shape index (κ2) is 14.1. The summed E-state index contributed by atoms with van der Waals surface area (Å²) in [5, 5.41) is 17.4. The highest BCUT2D eigenvalue weighted by Gasteiger charge is 2.31. The number of carboxylic acid groups (broad SMARTS) is 1. The van der Waals surface area contributed by atoms with Gasteiger partial charge in [0.2, 0.25) is 17.7 Å². The quantitative estimate of drug-likeness (QED) is 0.169. The van der Waals surface area contributed by atoms with Crippen molar-refractivity contribution in [2.75, 3.05) is 0 Å². The molecule has 4 atom stereocenters. The Balaban J connectivity index is 2.16. The fraction of sp³-hybridized carbons (Fsp3) is 0.583. The number of aliphatic carboxylic acids is 1. The van der Waals surface area contributed by atoms with Crippen molar-refractivity contribution in [3.8, 4) is 0 Å². The first-order valence-electron chi connectivity index (χ1n) is 12.3. The van der Waals surface area contributed by atoms with E-state index in [0.717, 1.165) is 0 Å². The number of nitrogens with zero attached hydrogens (tertiary/aromatic N) is 2. The molecule has 0 aromatic carbocycles. The maximum Gasteiger partial charge on any atom is 0.326 e. The lowest BCUT2D eigenvalue weighted by molar-refractivity contribution is -0.143. The van der Waals surface area contributed by atoms with Crippen LogP contribution in [0.3, 0.4) is 0 Å². The first-order valence-corrected chi connectivity index (χ1v) is 12.3. The maximum atomic E-state index is 13.3. The fourth-order valence-electron chi connectivity index (χ4n) is 3.77. The van der Waals surface area contributed by atoms with Gasteiger partial charge >= 0.3 is 5.97 Å². The molecule has 2 heterocycles. The van der Waals surface area contributed by atoms with E-state index in [9.17, 15) is 24.3 Å². The van der Waals surface area contributed by atoms with Gasteiger partial charge in [-0.2, -0.15) is 0 Å². The van der Waals surface area contributed by atoms with Crippen molar-refractivity contribution >= 4 is 23.7 Å². The number of carbonyl (C=O) groups excluding carboxylic acids is 3. The van der Waals surface area contributed by atoms with E-state index in [-0.39, 0.29) is 37.5 Å². The molecule has 204 valence electrons. The lowest BCUT2D eigenvalue weighted by Gasteiger charge is -2.26. The van der Waals surface area contributed by atoms with Crippen molar-refractivity contribution in [3.05, 3.63) is 36.4 Å². The van der Waals surface area contributed by atoms with Crippen LogP contribution in [0.25, 0.3) is 0 Å². The number of H-pyrrole nitrogens is 2. The molecule has 0 fully saturated rings. The third-order valence-electron chi connectivity index (χ3n) is 5.61. The number of nitrogens with two attached hydrogens (primary N) is 1. The van der Waals surface area contributed by atoms with Gasteiger partial charge in [-0.25, -0.2) is 14.8 Å². The second-order valence-electron chi connectivity index (χ2n) is 9.95. The Morgan fingerprint density at radius 2 is 1.24 bits per heavy atom. The summed E-state index contributed by atoms with van der Waals surface area (Å²) in [6, 6.07) is -4.09. The number of carbonyl (C=O) groups is 4. The molecule has 0 saturated carbocycles. The number of hydrogen-bond donors (Lipinski definition) is 7. The Kier molecular flexibility index (Phi) is 11.2. The molecule has 0 spiro atoms. The summed E-state index contributed by atoms with van der Waals surface area (Å²) in [5.74, 6) is -2.84. The lowest BCUT2D eigenvalue weighted by Crippen LogP contribution is -2.58. The summed E-state index contributed by atoms with van der Waals surface area (Å²) in [7, 11) is 0. The first kappa shape index (κ1) is 29.5. The van der Waals surface area contributed by atoms with Crippen molar-refractivity contribution in [1.29, 1.82) is 0 Å². The van der Waals surface area contributed by atoms with Crippen molar-refractivity contribution in [3.63, 3.8) is 0 Å². The van der Waals surface area contributed by atoms with Crippen molar-refractivity contribution in [2.45, 2.75) is 77.5 Å². The summed E-state index contributed by atoms with van der Waals surface area (Å²) < 4.78 is 0. The van der Waals surface area contributed by atoms with Gasteiger partial charge in [0, 0.05) is 36.6 Å². The van der Waals surface area contributed by atoms with E-state index in [1.54, 1.807) is 6.20 Å². The van der Waals surface area contributed by atoms with Gasteiger partial charge in [0.05, 0.1) is 18.7 Å². The second-order valence-corrected chi connectivity index (χ2v) is 9.95. The fourth-order valence-corrected chi connectivity index (χ4v) is 3.77. The molecule has 13 heteroatoms. The molecule has 2 aromatic heterocycles. The number of hydrogen-bond acceptors (Lipinski definition) is 7. The van der Waals surface area contributed by atoms with Gasteiger partial charge in [0.1, 0.15) is 18.1 Å². The first-order chi connectivity index (χ1) is 17.5. The maximum absolute atomic E-state index is 13.3. The highest BCUT2D eigenvalue weighted by atomic mass is 16.4. The van der Waals surface area contributed by atoms with E-state index in [1.165, 1.54) is 18.9 Å². The van der Waals surface area contributed by atoms with Gasteiger partial charge in [0.15, 0.2) is 0 Å². The van der Waals surface area contributed by atoms with Crippen LogP contribution in [0.1, 0.15) is 51.9 Å². The van der Waals surface area contributed by atoms with Gasteiger partial charge in [-0.3, -0.25) is 14.4 Å². The summed E-state index contributed by atoms with van der Waals surface area (Å²) in [6.07, 6.45) is 6.80. The minimum atomic E-state index is -1.15. The van der Waals surface area contributed by atoms with Gasteiger partial charge in [-0.1, -0.05) is 27.7 Å². The standard InChI is InChI=1S/C24H38N8O5/c1-13(2)5-18(22(34)32-20(24(36)37)6-14(3)4)31-23(35)19(8-16-10-27-12-29-16)30-21(33)17(25)7-15-9-26-11-28-15/h9-14,17-20H,5-8,25H2,1-4H3,(H,26,28)(H,27,29)(H,30,33)(H,31,35)(H,32,34)(H,36,37). The van der Waals surface area contributed by atoms with Crippen molar-refractivity contribution < 1.29 is 24.3 Å². The number of nitrogens with one attached hydrogen (secondary N) is 5. The van der Waals surface area contributed by atoms with Crippen molar-refractivity contribution in [1.82, 2.24) is 35.9 Å². The Hall–Kier alpha value is -3.74. The Bertz CT molecular complexity index is 1010. The zero-order chi connectivity index (χ0) is 27.5. The van der Waals surface area contributed by atoms with Crippen LogP contribution in [0, 0.1) is 11.8 Å². The summed E-state index contributed by atoms with van der Waals surface area (Å²) in [6.45, 7) is 7.48. The molecule has 0 bridgehead atoms. The van der Waals surface area contributed by atoms with Crippen LogP contribution in [0.5, 0.6) is 0 Å². The SMILES string of the molecule is CC(C)CC(NC(=O)C(CC(C)C)NC(=O)C(Cc1cnc[nH]1)NC(=O)C(N)Cc1cnc[nH]1)C(=O)O. The minimum Gasteiger partial charge on any atom is -0.480 e. The van der Waals surface area contributed by atoms with Crippen molar-refractivity contribution in [2.24, 2.45) is 17.6 Å². The number of amides is 3. The van der Waals surface area contributed by atoms with E-state index in [2.05, 4.69) is 35.9 Å². The summed E-state index contributed by atoms with van der Waals surface area (Å²) >= 11 is 0. The largest absolute Gasteiger partial charge is 0.480 e. The molecule has 37 heavy (non-hydrogen) atoms. The predicted molar refractivity (Wildman–Crippen MR) is 135 cm³/mol. The number of aromatic nitrogens is 4. The van der Waals surface area contributed by atoms with Crippen LogP contribution in [-0.4, -0.2) is 72.9 Å². The molecule has 2 aromatic rings. The van der Waals surface area contributed by atoms with Crippen LogP contribution in [-0.2, 0) is 32.0 Å². The minimum absolute atomic E-state index is 0.0212. The number of aromatic amines is 2. The predicted octanol–water partition coefficient (Wildman–Crippen LogP) is -0.123. The zero-order valence-electron chi connectivity index (χ0n) is 21.7. The molecule has 8 N–H and O–H groups in total. The molecule has 2 rings (SSSR count). The third-order valence-corrected chi connectivity index (χ3v) is 5.61. The topological polar surface area (TPSA) is 208 Å². The number of carboxylic acids is 1. The highest BCUT2D eigenvalue weighted by molar-refractivity contribution is 5.94. The Labute approximate surface area is 215 Å². The highest BCUT2D eigenvalue weighted by Crippen LogP contribution is 2.10. The normalized spacial score (nSPS) is 14.6. The van der Waals surface area contributed by atoms with Gasteiger partial charge < -0.3 is 36.8 Å². The molecular weight excluding hydrogens is 480 g/mol. The molecule has 0 aliphatic carbocycles. The third kappa shape index (κ3) is 10.0. The monoisotopic (exact) mass is 518 g/mol.